The van der Waals surface area contributed by atoms with Crippen molar-refractivity contribution in [2.75, 3.05) is 13.1 Å². The lowest BCUT2D eigenvalue weighted by atomic mass is 9.96. The maximum absolute atomic E-state index is 11.7. The van der Waals surface area contributed by atoms with Gasteiger partial charge in [0.15, 0.2) is 0 Å². The van der Waals surface area contributed by atoms with E-state index in [9.17, 15) is 4.79 Å². The molecule has 2 N–H and O–H groups in total. The average molecular weight is 228 g/mol. The van der Waals surface area contributed by atoms with Crippen molar-refractivity contribution in [1.82, 2.24) is 4.90 Å². The summed E-state index contributed by atoms with van der Waals surface area (Å²) in [5, 5.41) is 0. The number of hydrogen-bond donors (Lipinski definition) is 1. The number of nitrogens with zero attached hydrogens (tertiary/aromatic N) is 1. The van der Waals surface area contributed by atoms with Crippen LogP contribution >= 0.6 is 12.2 Å². The van der Waals surface area contributed by atoms with E-state index < -0.39 is 0 Å². The van der Waals surface area contributed by atoms with Crippen LogP contribution in [0.15, 0.2) is 0 Å². The van der Waals surface area contributed by atoms with Gasteiger partial charge in [-0.05, 0) is 18.8 Å². The molecule has 0 saturated carbocycles. The molecule has 1 amide bonds. The summed E-state index contributed by atoms with van der Waals surface area (Å²) in [7, 11) is 0. The van der Waals surface area contributed by atoms with Gasteiger partial charge < -0.3 is 10.6 Å². The lowest BCUT2D eigenvalue weighted by molar-refractivity contribution is -0.129. The Labute approximate surface area is 97.0 Å². The minimum atomic E-state index is 0.210. The Morgan fingerprint density at radius 2 is 2.33 bits per heavy atom. The molecule has 1 fully saturated rings. The molecule has 0 aliphatic carbocycles. The summed E-state index contributed by atoms with van der Waals surface area (Å²) in [4.78, 5) is 13.9. The Morgan fingerprint density at radius 1 is 1.60 bits per heavy atom. The van der Waals surface area contributed by atoms with E-state index in [1.807, 2.05) is 0 Å². The molecule has 1 rings (SSSR count). The van der Waals surface area contributed by atoms with Crippen molar-refractivity contribution in [3.8, 4) is 0 Å². The van der Waals surface area contributed by atoms with E-state index in [1.54, 1.807) is 4.90 Å². The highest BCUT2D eigenvalue weighted by Gasteiger charge is 2.21. The van der Waals surface area contributed by atoms with Crippen LogP contribution < -0.4 is 5.73 Å². The van der Waals surface area contributed by atoms with Crippen LogP contribution in [0.4, 0.5) is 0 Å². The van der Waals surface area contributed by atoms with Gasteiger partial charge in [0.2, 0.25) is 5.91 Å². The fraction of sp³-hybridized carbons (Fsp3) is 0.818. The molecule has 1 aliphatic rings. The zero-order valence-corrected chi connectivity index (χ0v) is 10.2. The highest BCUT2D eigenvalue weighted by Crippen LogP contribution is 2.22. The molecule has 86 valence electrons. The highest BCUT2D eigenvalue weighted by atomic mass is 32.1. The van der Waals surface area contributed by atoms with Crippen molar-refractivity contribution < 1.29 is 4.79 Å². The van der Waals surface area contributed by atoms with Crippen LogP contribution in [0.2, 0.25) is 0 Å². The predicted octanol–water partition coefficient (Wildman–Crippen LogP) is 1.70. The third-order valence-corrected chi connectivity index (χ3v) is 3.10. The van der Waals surface area contributed by atoms with Gasteiger partial charge in [-0.1, -0.05) is 32.0 Å². The molecule has 1 aliphatic heterocycles. The molecule has 3 nitrogen and oxygen atoms in total. The Kier molecular flexibility index (Phi) is 5.02. The standard InChI is InChI=1S/C11H20N2OS/c1-2-3-9-4-5-11(14)13(7-6-9)8-10(12)15/h9H,2-8H2,1H3,(H2,12,15). The van der Waals surface area contributed by atoms with Crippen molar-refractivity contribution in [3.05, 3.63) is 0 Å². The Morgan fingerprint density at radius 3 is 2.93 bits per heavy atom. The number of thiocarbonyl (C=S) groups is 1. The zero-order chi connectivity index (χ0) is 11.3. The first-order valence-electron chi connectivity index (χ1n) is 5.69. The molecule has 1 saturated heterocycles. The van der Waals surface area contributed by atoms with Gasteiger partial charge in [0.05, 0.1) is 11.5 Å². The second kappa shape index (κ2) is 6.05. The van der Waals surface area contributed by atoms with Gasteiger partial charge in [-0.15, -0.1) is 0 Å². The quantitative estimate of drug-likeness (QED) is 0.745. The first kappa shape index (κ1) is 12.4. The van der Waals surface area contributed by atoms with Gasteiger partial charge in [-0.3, -0.25) is 4.79 Å². The molecule has 1 unspecified atom stereocenters. The summed E-state index contributed by atoms with van der Waals surface area (Å²) in [6.45, 7) is 3.47. The third-order valence-electron chi connectivity index (χ3n) is 2.97. The van der Waals surface area contributed by atoms with E-state index in [2.05, 4.69) is 6.92 Å². The SMILES string of the molecule is CCCC1CCC(=O)N(CC(N)=S)CC1. The molecule has 0 aromatic carbocycles. The Bertz CT molecular complexity index is 243. The van der Waals surface area contributed by atoms with Crippen LogP contribution in [0.3, 0.4) is 0 Å². The second-order valence-electron chi connectivity index (χ2n) is 4.26. The van der Waals surface area contributed by atoms with E-state index in [1.165, 1.54) is 12.8 Å². The smallest absolute Gasteiger partial charge is 0.222 e. The first-order valence-corrected chi connectivity index (χ1v) is 6.10. The molecule has 0 bridgehead atoms. The Balaban J connectivity index is 2.47. The van der Waals surface area contributed by atoms with E-state index in [-0.39, 0.29) is 5.91 Å². The molecule has 1 atom stereocenters. The third kappa shape index (κ3) is 4.16. The number of carbonyl (C=O) groups excluding carboxylic acids is 1. The number of carbonyl (C=O) groups is 1. The fourth-order valence-corrected chi connectivity index (χ4v) is 2.30. The van der Waals surface area contributed by atoms with Crippen LogP contribution in [0.25, 0.3) is 0 Å². The van der Waals surface area contributed by atoms with E-state index >= 15 is 0 Å². The molecule has 0 aromatic rings. The van der Waals surface area contributed by atoms with E-state index in [4.69, 9.17) is 18.0 Å². The predicted molar refractivity (Wildman–Crippen MR) is 65.6 cm³/mol. The van der Waals surface area contributed by atoms with Crippen LogP contribution in [0.5, 0.6) is 0 Å². The van der Waals surface area contributed by atoms with Crippen LogP contribution in [0, 0.1) is 5.92 Å². The van der Waals surface area contributed by atoms with Crippen molar-refractivity contribution in [2.24, 2.45) is 11.7 Å². The summed E-state index contributed by atoms with van der Waals surface area (Å²) >= 11 is 4.84. The Hall–Kier alpha value is -0.640. The van der Waals surface area contributed by atoms with Gasteiger partial charge in [0.1, 0.15) is 0 Å². The first-order chi connectivity index (χ1) is 7.13. The molecular weight excluding hydrogens is 208 g/mol. The van der Waals surface area contributed by atoms with Crippen LogP contribution in [0.1, 0.15) is 39.0 Å². The largest absolute Gasteiger partial charge is 0.392 e. The van der Waals surface area contributed by atoms with Crippen LogP contribution in [-0.4, -0.2) is 28.9 Å². The maximum Gasteiger partial charge on any atom is 0.222 e. The van der Waals surface area contributed by atoms with Crippen molar-refractivity contribution in [2.45, 2.75) is 39.0 Å². The molecule has 0 aromatic heterocycles. The number of hydrogen-bond acceptors (Lipinski definition) is 2. The maximum atomic E-state index is 11.7. The lowest BCUT2D eigenvalue weighted by Gasteiger charge is -2.19. The molecule has 15 heavy (non-hydrogen) atoms. The van der Waals surface area contributed by atoms with Gasteiger partial charge in [-0.2, -0.15) is 0 Å². The van der Waals surface area contributed by atoms with Gasteiger partial charge in [0, 0.05) is 13.0 Å². The summed E-state index contributed by atoms with van der Waals surface area (Å²) in [6.07, 6.45) is 5.22. The summed E-state index contributed by atoms with van der Waals surface area (Å²) < 4.78 is 0. The number of amides is 1. The van der Waals surface area contributed by atoms with Gasteiger partial charge in [0.25, 0.3) is 0 Å². The minimum absolute atomic E-state index is 0.210. The number of likely N-dealkylation sites (tertiary alicyclic amines) is 1. The van der Waals surface area contributed by atoms with Gasteiger partial charge >= 0.3 is 0 Å². The summed E-state index contributed by atoms with van der Waals surface area (Å²) in [5.41, 5.74) is 5.47. The van der Waals surface area contributed by atoms with E-state index in [0.717, 1.165) is 19.4 Å². The van der Waals surface area contributed by atoms with Crippen molar-refractivity contribution >= 4 is 23.1 Å². The van der Waals surface area contributed by atoms with Crippen molar-refractivity contribution in [1.29, 1.82) is 0 Å². The highest BCUT2D eigenvalue weighted by molar-refractivity contribution is 7.80. The minimum Gasteiger partial charge on any atom is -0.392 e. The lowest BCUT2D eigenvalue weighted by Crippen LogP contribution is -2.37. The summed E-state index contributed by atoms with van der Waals surface area (Å²) in [6, 6.07) is 0. The zero-order valence-electron chi connectivity index (χ0n) is 9.37. The fourth-order valence-electron chi connectivity index (χ4n) is 2.15. The van der Waals surface area contributed by atoms with Gasteiger partial charge in [-0.25, -0.2) is 0 Å². The van der Waals surface area contributed by atoms with Crippen LogP contribution in [-0.2, 0) is 4.79 Å². The molecule has 4 heteroatoms. The normalized spacial score (nSPS) is 22.6. The molecular formula is C11H20N2OS. The van der Waals surface area contributed by atoms with Crippen molar-refractivity contribution in [3.63, 3.8) is 0 Å². The molecule has 0 spiro atoms. The summed E-state index contributed by atoms with van der Waals surface area (Å²) in [5.74, 6) is 0.914. The topological polar surface area (TPSA) is 46.3 Å². The molecule has 0 radical (unpaired) electrons. The monoisotopic (exact) mass is 228 g/mol. The second-order valence-corrected chi connectivity index (χ2v) is 4.79. The number of rotatable bonds is 4. The van der Waals surface area contributed by atoms with E-state index in [0.29, 0.717) is 23.9 Å². The average Bonchev–Trinajstić information content (AvgIpc) is 2.32. The number of nitrogens with two attached hydrogens (primary N) is 1. The molecule has 1 heterocycles.